The number of hydrogen-bond acceptors (Lipinski definition) is 4. The molecule has 1 amide bonds. The minimum Gasteiger partial charge on any atom is -0.382 e. The molecule has 0 aliphatic rings. The third-order valence-electron chi connectivity index (χ3n) is 2.78. The maximum atomic E-state index is 13.8. The number of hydrogen-bond donors (Lipinski definition) is 1. The van der Waals surface area contributed by atoms with Gasteiger partial charge in [-0.05, 0) is 32.9 Å². The van der Waals surface area contributed by atoms with E-state index < -0.39 is 31.2 Å². The molecule has 0 unspecified atom stereocenters. The van der Waals surface area contributed by atoms with Crippen molar-refractivity contribution in [2.24, 2.45) is 0 Å². The van der Waals surface area contributed by atoms with Crippen LogP contribution in [-0.4, -0.2) is 33.6 Å². The van der Waals surface area contributed by atoms with Crippen LogP contribution in [0.15, 0.2) is 17.0 Å². The fraction of sp³-hybridized carbons (Fsp3) is 0.462. The molecule has 8 heteroatoms. The monoisotopic (exact) mass is 337 g/mol. The lowest BCUT2D eigenvalue weighted by atomic mass is 10.1. The molecule has 0 atom stereocenters. The fourth-order valence-electron chi connectivity index (χ4n) is 1.81. The molecule has 5 nitrogen and oxygen atoms in total. The van der Waals surface area contributed by atoms with Crippen LogP contribution < -0.4 is 5.32 Å². The van der Waals surface area contributed by atoms with Crippen molar-refractivity contribution in [3.8, 4) is 0 Å². The quantitative estimate of drug-likeness (QED) is 0.836. The lowest BCUT2D eigenvalue weighted by Crippen LogP contribution is -2.46. The first kappa shape index (κ1) is 17.9. The van der Waals surface area contributed by atoms with Gasteiger partial charge in [-0.1, -0.05) is 0 Å². The van der Waals surface area contributed by atoms with Crippen LogP contribution in [0.1, 0.15) is 29.8 Å². The highest BCUT2D eigenvalue weighted by Crippen LogP contribution is 2.24. The molecule has 0 bridgehead atoms. The fourth-order valence-corrected chi connectivity index (χ4v) is 3.03. The number of halogens is 2. The number of nitrogens with one attached hydrogen (secondary N) is 1. The van der Waals surface area contributed by atoms with Crippen molar-refractivity contribution in [2.45, 2.75) is 31.2 Å². The summed E-state index contributed by atoms with van der Waals surface area (Å²) in [6.45, 7) is 4.96. The Morgan fingerprint density at radius 1 is 1.43 bits per heavy atom. The lowest BCUT2D eigenvalue weighted by molar-refractivity contribution is 0.0819. The zero-order valence-corrected chi connectivity index (χ0v) is 13.7. The summed E-state index contributed by atoms with van der Waals surface area (Å²) in [5.41, 5.74) is -0.938. The number of methoxy groups -OCH3 is 1. The van der Waals surface area contributed by atoms with E-state index in [1.807, 2.05) is 0 Å². The lowest BCUT2D eigenvalue weighted by Gasteiger charge is -2.25. The van der Waals surface area contributed by atoms with E-state index >= 15 is 0 Å². The van der Waals surface area contributed by atoms with Crippen LogP contribution in [0.25, 0.3) is 0 Å². The average Bonchev–Trinajstić information content (AvgIpc) is 2.29. The normalized spacial score (nSPS) is 12.3. The predicted molar refractivity (Wildman–Crippen MR) is 77.6 cm³/mol. The van der Waals surface area contributed by atoms with Gasteiger partial charge in [0.15, 0.2) is 0 Å². The number of ether oxygens (including phenoxy) is 1. The Morgan fingerprint density at radius 3 is 2.48 bits per heavy atom. The van der Waals surface area contributed by atoms with E-state index in [2.05, 4.69) is 5.32 Å². The van der Waals surface area contributed by atoms with Gasteiger partial charge in [-0.25, -0.2) is 12.8 Å². The summed E-state index contributed by atoms with van der Waals surface area (Å²) in [6.07, 6.45) is 0. The van der Waals surface area contributed by atoms with Crippen molar-refractivity contribution in [1.82, 2.24) is 5.32 Å². The number of rotatable bonds is 5. The number of carbonyl (C=O) groups excluding carboxylic acids is 1. The third-order valence-corrected chi connectivity index (χ3v) is 4.23. The Hall–Kier alpha value is -1.18. The van der Waals surface area contributed by atoms with Gasteiger partial charge >= 0.3 is 0 Å². The second-order valence-electron chi connectivity index (χ2n) is 5.29. The molecule has 0 aromatic heterocycles. The van der Waals surface area contributed by atoms with Gasteiger partial charge < -0.3 is 10.1 Å². The van der Waals surface area contributed by atoms with Gasteiger partial charge in [0, 0.05) is 28.9 Å². The Kier molecular flexibility index (Phi) is 5.35. The molecular weight excluding hydrogens is 321 g/mol. The van der Waals surface area contributed by atoms with Crippen LogP contribution >= 0.6 is 10.7 Å². The summed E-state index contributed by atoms with van der Waals surface area (Å²) in [5.74, 6) is -1.43. The summed E-state index contributed by atoms with van der Waals surface area (Å²) in [4.78, 5) is 11.7. The van der Waals surface area contributed by atoms with Crippen molar-refractivity contribution in [3.05, 3.63) is 29.1 Å². The Morgan fingerprint density at radius 2 is 2.00 bits per heavy atom. The van der Waals surface area contributed by atoms with Gasteiger partial charge in [0.2, 0.25) is 0 Å². The average molecular weight is 338 g/mol. The van der Waals surface area contributed by atoms with Gasteiger partial charge in [-0.2, -0.15) is 0 Å². The summed E-state index contributed by atoms with van der Waals surface area (Å²) >= 11 is 0. The Balaban J connectivity index is 3.21. The first-order valence-corrected chi connectivity index (χ1v) is 8.35. The van der Waals surface area contributed by atoms with Crippen molar-refractivity contribution in [1.29, 1.82) is 0 Å². The highest BCUT2D eigenvalue weighted by molar-refractivity contribution is 8.13. The van der Waals surface area contributed by atoms with Crippen LogP contribution in [0.2, 0.25) is 0 Å². The molecule has 1 N–H and O–H groups in total. The summed E-state index contributed by atoms with van der Waals surface area (Å²) in [7, 11) is 2.59. The van der Waals surface area contributed by atoms with Crippen LogP contribution in [0.5, 0.6) is 0 Å². The van der Waals surface area contributed by atoms with Crippen molar-refractivity contribution < 1.29 is 22.3 Å². The molecule has 0 saturated heterocycles. The van der Waals surface area contributed by atoms with Gasteiger partial charge in [0.25, 0.3) is 15.0 Å². The molecule has 0 aliphatic heterocycles. The number of amides is 1. The third kappa shape index (κ3) is 4.66. The highest BCUT2D eigenvalue weighted by Gasteiger charge is 2.24. The summed E-state index contributed by atoms with van der Waals surface area (Å²) < 4.78 is 41.6. The largest absolute Gasteiger partial charge is 0.382 e. The SMILES string of the molecule is COCC(C)(C)NC(=O)c1cc(F)c(C)c(S(=O)(=O)Cl)c1. The molecular formula is C13H17ClFNO4S. The van der Waals surface area contributed by atoms with Gasteiger partial charge in [-0.3, -0.25) is 4.79 Å². The van der Waals surface area contributed by atoms with Crippen LogP contribution in [0, 0.1) is 12.7 Å². The molecule has 1 rings (SSSR count). The number of benzene rings is 1. The zero-order chi connectivity index (χ0) is 16.4. The maximum absolute atomic E-state index is 13.8. The molecule has 118 valence electrons. The standard InChI is InChI=1S/C13H17ClFNO4S/c1-8-10(15)5-9(6-11(8)21(14,18)19)12(17)16-13(2,3)7-20-4/h5-6H,7H2,1-4H3,(H,16,17). The van der Waals surface area contributed by atoms with Crippen molar-refractivity contribution >= 4 is 25.6 Å². The molecule has 0 heterocycles. The van der Waals surface area contributed by atoms with Crippen molar-refractivity contribution in [2.75, 3.05) is 13.7 Å². The first-order valence-electron chi connectivity index (χ1n) is 6.04. The van der Waals surface area contributed by atoms with Crippen LogP contribution in [0.3, 0.4) is 0 Å². The summed E-state index contributed by atoms with van der Waals surface area (Å²) in [5, 5.41) is 2.63. The molecule has 0 saturated carbocycles. The molecule has 1 aromatic rings. The van der Waals surface area contributed by atoms with Crippen LogP contribution in [-0.2, 0) is 13.8 Å². The molecule has 0 radical (unpaired) electrons. The topological polar surface area (TPSA) is 72.5 Å². The van der Waals surface area contributed by atoms with Gasteiger partial charge in [0.1, 0.15) is 5.82 Å². The zero-order valence-electron chi connectivity index (χ0n) is 12.2. The van der Waals surface area contributed by atoms with E-state index in [1.54, 1.807) is 13.8 Å². The molecule has 0 fully saturated rings. The second kappa shape index (κ2) is 6.29. The summed E-state index contributed by atoms with van der Waals surface area (Å²) in [6, 6.07) is 2.03. The highest BCUT2D eigenvalue weighted by atomic mass is 35.7. The molecule has 0 aliphatic carbocycles. The van der Waals surface area contributed by atoms with Crippen LogP contribution in [0.4, 0.5) is 4.39 Å². The van der Waals surface area contributed by atoms with E-state index in [0.29, 0.717) is 0 Å². The van der Waals surface area contributed by atoms with E-state index in [4.69, 9.17) is 15.4 Å². The van der Waals surface area contributed by atoms with E-state index in [-0.39, 0.29) is 17.7 Å². The molecule has 21 heavy (non-hydrogen) atoms. The Labute approximate surface area is 127 Å². The molecule has 0 spiro atoms. The van der Waals surface area contributed by atoms with Gasteiger partial charge in [0.05, 0.1) is 17.0 Å². The van der Waals surface area contributed by atoms with Gasteiger partial charge in [-0.15, -0.1) is 0 Å². The minimum absolute atomic E-state index is 0.124. The smallest absolute Gasteiger partial charge is 0.261 e. The van der Waals surface area contributed by atoms with E-state index in [0.717, 1.165) is 12.1 Å². The Bertz CT molecular complexity index is 658. The van der Waals surface area contributed by atoms with E-state index in [9.17, 15) is 17.6 Å². The maximum Gasteiger partial charge on any atom is 0.261 e. The van der Waals surface area contributed by atoms with E-state index in [1.165, 1.54) is 14.0 Å². The second-order valence-corrected chi connectivity index (χ2v) is 7.82. The predicted octanol–water partition coefficient (Wildman–Crippen LogP) is 2.22. The molecule has 1 aromatic carbocycles. The first-order chi connectivity index (χ1) is 9.48. The minimum atomic E-state index is -4.14. The van der Waals surface area contributed by atoms with Crippen molar-refractivity contribution in [3.63, 3.8) is 0 Å². The number of carbonyl (C=O) groups is 1.